The maximum Gasteiger partial charge on any atom is 0.156 e. The molecular formula is C19H25N3O2S. The van der Waals surface area contributed by atoms with Crippen molar-refractivity contribution in [2.45, 2.75) is 51.2 Å². The van der Waals surface area contributed by atoms with E-state index >= 15 is 0 Å². The molecule has 0 saturated carbocycles. The fourth-order valence-corrected chi connectivity index (χ4v) is 4.82. The Hall–Kier alpha value is -1.50. The molecule has 2 aliphatic rings. The molecule has 0 bridgehead atoms. The average Bonchev–Trinajstić information content (AvgIpc) is 3.30. The van der Waals surface area contributed by atoms with Crippen LogP contribution in [0.4, 0.5) is 5.82 Å². The van der Waals surface area contributed by atoms with Crippen molar-refractivity contribution in [3.05, 3.63) is 39.0 Å². The smallest absolute Gasteiger partial charge is 0.156 e. The van der Waals surface area contributed by atoms with E-state index in [1.807, 2.05) is 11.3 Å². The van der Waals surface area contributed by atoms with Crippen LogP contribution >= 0.6 is 11.3 Å². The Bertz CT molecular complexity index is 725. The van der Waals surface area contributed by atoms with Gasteiger partial charge < -0.3 is 14.8 Å². The summed E-state index contributed by atoms with van der Waals surface area (Å²) >= 11 is 1.91. The van der Waals surface area contributed by atoms with Crippen molar-refractivity contribution >= 4 is 17.2 Å². The van der Waals surface area contributed by atoms with E-state index in [0.717, 1.165) is 43.5 Å². The predicted molar refractivity (Wildman–Crippen MR) is 99.2 cm³/mol. The number of nitrogens with one attached hydrogen (secondary N) is 1. The van der Waals surface area contributed by atoms with Crippen LogP contribution < -0.4 is 5.32 Å². The van der Waals surface area contributed by atoms with Crippen LogP contribution in [0.25, 0.3) is 0 Å². The molecule has 6 heteroatoms. The molecule has 0 aromatic carbocycles. The molecule has 0 radical (unpaired) electrons. The lowest BCUT2D eigenvalue weighted by atomic mass is 9.96. The lowest BCUT2D eigenvalue weighted by Crippen LogP contribution is -2.11. The Kier molecular flexibility index (Phi) is 5.29. The third-order valence-electron chi connectivity index (χ3n) is 5.02. The molecule has 2 aromatic rings. The number of ether oxygens (including phenoxy) is 2. The van der Waals surface area contributed by atoms with Gasteiger partial charge in [-0.15, -0.1) is 11.3 Å². The SMILES string of the molecule is COCc1nc(NCc2csc3c2CCCC3)cc(C2CCOC2)n1. The Morgan fingerprint density at radius 2 is 2.24 bits per heavy atom. The van der Waals surface area contributed by atoms with Gasteiger partial charge in [0.25, 0.3) is 0 Å². The van der Waals surface area contributed by atoms with Crippen molar-refractivity contribution in [2.24, 2.45) is 0 Å². The second kappa shape index (κ2) is 7.81. The standard InChI is InChI=1S/C19H25N3O2S/c1-23-11-19-21-16(13-6-7-24-10-13)8-18(22-19)20-9-14-12-25-17-5-3-2-4-15(14)17/h8,12-13H,2-7,9-11H2,1H3,(H,20,21,22). The van der Waals surface area contributed by atoms with Gasteiger partial charge in [-0.1, -0.05) is 0 Å². The summed E-state index contributed by atoms with van der Waals surface area (Å²) in [4.78, 5) is 10.9. The van der Waals surface area contributed by atoms with E-state index in [4.69, 9.17) is 9.47 Å². The van der Waals surface area contributed by atoms with Crippen molar-refractivity contribution < 1.29 is 9.47 Å². The zero-order valence-corrected chi connectivity index (χ0v) is 15.5. The van der Waals surface area contributed by atoms with Gasteiger partial charge in [-0.25, -0.2) is 9.97 Å². The number of thiophene rings is 1. The van der Waals surface area contributed by atoms with E-state index in [9.17, 15) is 0 Å². The summed E-state index contributed by atoms with van der Waals surface area (Å²) < 4.78 is 10.8. The first kappa shape index (κ1) is 16.9. The molecule has 1 aliphatic carbocycles. The third-order valence-corrected chi connectivity index (χ3v) is 6.16. The number of aryl methyl sites for hydroxylation is 1. The zero-order chi connectivity index (χ0) is 17.1. The molecule has 1 N–H and O–H groups in total. The highest BCUT2D eigenvalue weighted by Gasteiger charge is 2.21. The van der Waals surface area contributed by atoms with E-state index in [0.29, 0.717) is 12.5 Å². The summed E-state index contributed by atoms with van der Waals surface area (Å²) in [5.41, 5.74) is 4.06. The highest BCUT2D eigenvalue weighted by atomic mass is 32.1. The molecule has 3 heterocycles. The topological polar surface area (TPSA) is 56.3 Å². The quantitative estimate of drug-likeness (QED) is 0.853. The van der Waals surface area contributed by atoms with Gasteiger partial charge in [0.1, 0.15) is 12.4 Å². The van der Waals surface area contributed by atoms with Gasteiger partial charge >= 0.3 is 0 Å². The van der Waals surface area contributed by atoms with Crippen LogP contribution in [-0.4, -0.2) is 30.3 Å². The number of hydrogen-bond acceptors (Lipinski definition) is 6. The second-order valence-corrected chi connectivity index (χ2v) is 7.78. The molecule has 1 aliphatic heterocycles. The molecule has 0 amide bonds. The molecule has 1 fully saturated rings. The molecule has 25 heavy (non-hydrogen) atoms. The number of methoxy groups -OCH3 is 1. The van der Waals surface area contributed by atoms with E-state index in [2.05, 4.69) is 26.7 Å². The van der Waals surface area contributed by atoms with Gasteiger partial charge in [0.2, 0.25) is 0 Å². The van der Waals surface area contributed by atoms with E-state index < -0.39 is 0 Å². The number of nitrogens with zero attached hydrogens (tertiary/aromatic N) is 2. The lowest BCUT2D eigenvalue weighted by molar-refractivity contribution is 0.177. The van der Waals surface area contributed by atoms with Gasteiger partial charge in [-0.2, -0.15) is 0 Å². The van der Waals surface area contributed by atoms with E-state index in [-0.39, 0.29) is 0 Å². The van der Waals surface area contributed by atoms with Gasteiger partial charge in [0.05, 0.1) is 12.3 Å². The predicted octanol–water partition coefficient (Wildman–Crippen LogP) is 3.68. The summed E-state index contributed by atoms with van der Waals surface area (Å²) in [6.07, 6.45) is 6.14. The number of anilines is 1. The molecule has 4 rings (SSSR count). The van der Waals surface area contributed by atoms with Gasteiger partial charge in [0, 0.05) is 37.1 Å². The molecule has 1 saturated heterocycles. The second-order valence-electron chi connectivity index (χ2n) is 6.81. The van der Waals surface area contributed by atoms with Crippen LogP contribution in [0.3, 0.4) is 0 Å². The van der Waals surface area contributed by atoms with Crippen LogP contribution in [0.5, 0.6) is 0 Å². The molecule has 1 atom stereocenters. The van der Waals surface area contributed by atoms with Gasteiger partial charge in [-0.05, 0) is 48.6 Å². The number of hydrogen-bond donors (Lipinski definition) is 1. The van der Waals surface area contributed by atoms with E-state index in [1.54, 1.807) is 17.6 Å². The van der Waals surface area contributed by atoms with Crippen molar-refractivity contribution in [3.8, 4) is 0 Å². The van der Waals surface area contributed by atoms with Crippen LogP contribution in [0.15, 0.2) is 11.4 Å². The monoisotopic (exact) mass is 359 g/mol. The minimum atomic E-state index is 0.369. The Morgan fingerprint density at radius 3 is 3.08 bits per heavy atom. The molecule has 2 aromatic heterocycles. The Morgan fingerprint density at radius 1 is 1.32 bits per heavy atom. The number of aromatic nitrogens is 2. The van der Waals surface area contributed by atoms with Crippen LogP contribution in [0.2, 0.25) is 0 Å². The minimum Gasteiger partial charge on any atom is -0.381 e. The normalized spacial score (nSPS) is 19.8. The molecule has 5 nitrogen and oxygen atoms in total. The summed E-state index contributed by atoms with van der Waals surface area (Å²) in [6.45, 7) is 2.83. The maximum atomic E-state index is 5.52. The minimum absolute atomic E-state index is 0.369. The number of fused-ring (bicyclic) bond motifs is 1. The lowest BCUT2D eigenvalue weighted by Gasteiger charge is -2.15. The Labute approximate surface area is 152 Å². The average molecular weight is 359 g/mol. The summed E-state index contributed by atoms with van der Waals surface area (Å²) in [5, 5.41) is 5.83. The summed E-state index contributed by atoms with van der Waals surface area (Å²) in [5.74, 6) is 1.99. The van der Waals surface area contributed by atoms with Gasteiger partial charge in [0.15, 0.2) is 5.82 Å². The first-order valence-corrected chi connectivity index (χ1v) is 9.98. The summed E-state index contributed by atoms with van der Waals surface area (Å²) in [7, 11) is 1.68. The number of rotatable bonds is 6. The van der Waals surface area contributed by atoms with Crippen LogP contribution in [0, 0.1) is 0 Å². The first-order chi connectivity index (χ1) is 12.3. The van der Waals surface area contributed by atoms with Crippen molar-refractivity contribution in [3.63, 3.8) is 0 Å². The molecule has 0 spiro atoms. The van der Waals surface area contributed by atoms with E-state index in [1.165, 1.54) is 31.2 Å². The highest BCUT2D eigenvalue weighted by Crippen LogP contribution is 2.31. The van der Waals surface area contributed by atoms with Gasteiger partial charge in [-0.3, -0.25) is 0 Å². The van der Waals surface area contributed by atoms with Crippen molar-refractivity contribution in [1.82, 2.24) is 9.97 Å². The largest absolute Gasteiger partial charge is 0.381 e. The first-order valence-electron chi connectivity index (χ1n) is 9.10. The van der Waals surface area contributed by atoms with Crippen molar-refractivity contribution in [2.75, 3.05) is 25.6 Å². The summed E-state index contributed by atoms with van der Waals surface area (Å²) in [6, 6.07) is 2.08. The molecule has 134 valence electrons. The molecule has 1 unspecified atom stereocenters. The fourth-order valence-electron chi connectivity index (χ4n) is 3.67. The highest BCUT2D eigenvalue weighted by molar-refractivity contribution is 7.10. The fraction of sp³-hybridized carbons (Fsp3) is 0.579. The molecular weight excluding hydrogens is 334 g/mol. The van der Waals surface area contributed by atoms with Crippen LogP contribution in [0.1, 0.15) is 52.7 Å². The van der Waals surface area contributed by atoms with Crippen molar-refractivity contribution in [1.29, 1.82) is 0 Å². The Balaban J connectivity index is 1.51. The third kappa shape index (κ3) is 3.86. The maximum absolute atomic E-state index is 5.52. The zero-order valence-electron chi connectivity index (χ0n) is 14.7. The van der Waals surface area contributed by atoms with Crippen LogP contribution in [-0.2, 0) is 35.5 Å².